The highest BCUT2D eigenvalue weighted by atomic mass is 35.5. The minimum absolute atomic E-state index is 0.127. The van der Waals surface area contributed by atoms with Crippen LogP contribution in [-0.4, -0.2) is 32.3 Å². The number of carbonyl (C=O) groups excluding carboxylic acids is 1. The summed E-state index contributed by atoms with van der Waals surface area (Å²) in [5, 5.41) is 1.19. The third-order valence-corrected chi connectivity index (χ3v) is 7.51. The average molecular weight is 517 g/mol. The summed E-state index contributed by atoms with van der Waals surface area (Å²) in [6.45, 7) is 7.98. The Hall–Kier alpha value is -3.17. The third-order valence-electron chi connectivity index (χ3n) is 6.08. The van der Waals surface area contributed by atoms with E-state index in [0.29, 0.717) is 39.3 Å². The summed E-state index contributed by atoms with van der Waals surface area (Å²) in [5.74, 6) is 0.227. The number of hydrogen-bond donors (Lipinski definition) is 1. The van der Waals surface area contributed by atoms with E-state index in [1.54, 1.807) is 24.0 Å². The molecule has 0 aliphatic carbocycles. The van der Waals surface area contributed by atoms with E-state index in [9.17, 15) is 18.0 Å². The van der Waals surface area contributed by atoms with Crippen LogP contribution in [0.3, 0.4) is 0 Å². The molecule has 0 radical (unpaired) electrons. The molecule has 1 unspecified atom stereocenters. The number of aryl methyl sites for hydroxylation is 2. The standard InChI is InChI=1S/C25H20ClF3N4OS/c1-12-9-19(23-31-18-8-7-17(26)13(2)20(18)32-23)33(11-12)24(34)21-22(35-14(3)30-21)15-5-4-6-16(10-15)25(27,28)29/h4-8,10,19H,1,9,11H2,2-3H3,(H,31,32). The molecule has 0 spiro atoms. The number of rotatable bonds is 3. The maximum absolute atomic E-state index is 13.7. The van der Waals surface area contributed by atoms with Gasteiger partial charge in [-0.15, -0.1) is 11.3 Å². The van der Waals surface area contributed by atoms with Gasteiger partial charge in [-0.25, -0.2) is 9.97 Å². The van der Waals surface area contributed by atoms with Gasteiger partial charge in [-0.05, 0) is 55.7 Å². The van der Waals surface area contributed by atoms with Crippen molar-refractivity contribution in [2.75, 3.05) is 6.54 Å². The first-order chi connectivity index (χ1) is 16.5. The molecule has 1 fully saturated rings. The number of fused-ring (bicyclic) bond motifs is 1. The smallest absolute Gasteiger partial charge is 0.340 e. The summed E-state index contributed by atoms with van der Waals surface area (Å²) in [5.41, 5.74) is 2.88. The molecule has 1 saturated heterocycles. The maximum atomic E-state index is 13.7. The van der Waals surface area contributed by atoms with Crippen LogP contribution < -0.4 is 0 Å². The molecule has 180 valence electrons. The van der Waals surface area contributed by atoms with Crippen LogP contribution >= 0.6 is 22.9 Å². The highest BCUT2D eigenvalue weighted by Gasteiger charge is 2.37. The summed E-state index contributed by atoms with van der Waals surface area (Å²) in [4.78, 5) is 28.2. The van der Waals surface area contributed by atoms with E-state index >= 15 is 0 Å². The van der Waals surface area contributed by atoms with E-state index in [0.717, 1.165) is 34.3 Å². The van der Waals surface area contributed by atoms with Gasteiger partial charge in [-0.2, -0.15) is 13.2 Å². The molecule has 1 aliphatic heterocycles. The van der Waals surface area contributed by atoms with Gasteiger partial charge in [0.25, 0.3) is 5.91 Å². The van der Waals surface area contributed by atoms with Gasteiger partial charge in [0, 0.05) is 11.6 Å². The number of H-pyrrole nitrogens is 1. The number of nitrogens with zero attached hydrogens (tertiary/aromatic N) is 3. The van der Waals surface area contributed by atoms with Gasteiger partial charge in [0.15, 0.2) is 0 Å². The Morgan fingerprint density at radius 1 is 1.23 bits per heavy atom. The lowest BCUT2D eigenvalue weighted by Crippen LogP contribution is -2.31. The van der Waals surface area contributed by atoms with Crippen LogP contribution in [0.4, 0.5) is 13.2 Å². The first-order valence-corrected chi connectivity index (χ1v) is 12.0. The highest BCUT2D eigenvalue weighted by Crippen LogP contribution is 2.40. The quantitative estimate of drug-likeness (QED) is 0.295. The minimum atomic E-state index is -4.49. The van der Waals surface area contributed by atoms with Crippen LogP contribution in [0.5, 0.6) is 0 Å². The average Bonchev–Trinajstić information content (AvgIpc) is 3.52. The van der Waals surface area contributed by atoms with Crippen molar-refractivity contribution in [1.82, 2.24) is 19.9 Å². The number of carbonyl (C=O) groups is 1. The van der Waals surface area contributed by atoms with E-state index in [-0.39, 0.29) is 11.6 Å². The molecule has 1 N–H and O–H groups in total. The van der Waals surface area contributed by atoms with Crippen molar-refractivity contribution in [1.29, 1.82) is 0 Å². The molecule has 5 rings (SSSR count). The van der Waals surface area contributed by atoms with Crippen molar-refractivity contribution >= 4 is 39.9 Å². The van der Waals surface area contributed by atoms with Crippen LogP contribution in [0, 0.1) is 13.8 Å². The first kappa shape index (κ1) is 23.6. The number of thiazole rings is 1. The van der Waals surface area contributed by atoms with Gasteiger partial charge in [0.2, 0.25) is 0 Å². The maximum Gasteiger partial charge on any atom is 0.416 e. The fraction of sp³-hybridized carbons (Fsp3) is 0.240. The molecular weight excluding hydrogens is 497 g/mol. The van der Waals surface area contributed by atoms with Crippen molar-refractivity contribution < 1.29 is 18.0 Å². The molecule has 2 aromatic heterocycles. The first-order valence-electron chi connectivity index (χ1n) is 10.8. The number of benzene rings is 2. The fourth-order valence-electron chi connectivity index (χ4n) is 4.36. The van der Waals surface area contributed by atoms with Crippen molar-refractivity contribution in [2.24, 2.45) is 0 Å². The number of aromatic amines is 1. The van der Waals surface area contributed by atoms with Gasteiger partial charge in [0.1, 0.15) is 11.5 Å². The SMILES string of the molecule is C=C1CC(c2nc3c(C)c(Cl)ccc3[nH]2)N(C(=O)c2nc(C)sc2-c2cccc(C(F)(F)F)c2)C1. The number of aromatic nitrogens is 3. The number of halogens is 4. The Morgan fingerprint density at radius 3 is 2.74 bits per heavy atom. The monoisotopic (exact) mass is 516 g/mol. The largest absolute Gasteiger partial charge is 0.416 e. The molecule has 0 bridgehead atoms. The van der Waals surface area contributed by atoms with Crippen molar-refractivity contribution in [3.05, 3.63) is 81.2 Å². The molecule has 4 aromatic rings. The topological polar surface area (TPSA) is 61.9 Å². The number of likely N-dealkylation sites (tertiary alicyclic amines) is 1. The molecule has 2 aromatic carbocycles. The molecule has 1 aliphatic rings. The lowest BCUT2D eigenvalue weighted by molar-refractivity contribution is -0.137. The second kappa shape index (κ2) is 8.49. The molecule has 5 nitrogen and oxygen atoms in total. The van der Waals surface area contributed by atoms with Gasteiger partial charge in [-0.1, -0.05) is 35.9 Å². The molecule has 3 heterocycles. The van der Waals surface area contributed by atoms with Gasteiger partial charge < -0.3 is 9.88 Å². The number of alkyl halides is 3. The zero-order valence-electron chi connectivity index (χ0n) is 18.8. The van der Waals surface area contributed by atoms with Crippen LogP contribution in [0.15, 0.2) is 48.6 Å². The summed E-state index contributed by atoms with van der Waals surface area (Å²) < 4.78 is 39.9. The van der Waals surface area contributed by atoms with E-state index in [2.05, 4.69) is 16.5 Å². The van der Waals surface area contributed by atoms with Crippen molar-refractivity contribution in [2.45, 2.75) is 32.5 Å². The predicted octanol–water partition coefficient (Wildman–Crippen LogP) is 7.12. The second-order valence-electron chi connectivity index (χ2n) is 8.58. The normalized spacial score (nSPS) is 16.5. The van der Waals surface area contributed by atoms with Gasteiger partial charge in [0.05, 0.1) is 32.5 Å². The zero-order valence-corrected chi connectivity index (χ0v) is 20.4. The van der Waals surface area contributed by atoms with Crippen LogP contribution in [-0.2, 0) is 6.18 Å². The summed E-state index contributed by atoms with van der Waals surface area (Å²) in [6, 6.07) is 8.18. The van der Waals surface area contributed by atoms with E-state index in [1.165, 1.54) is 17.4 Å². The predicted molar refractivity (Wildman–Crippen MR) is 131 cm³/mol. The molecule has 0 saturated carbocycles. The zero-order chi connectivity index (χ0) is 25.1. The van der Waals surface area contributed by atoms with Crippen LogP contribution in [0.25, 0.3) is 21.5 Å². The van der Waals surface area contributed by atoms with Crippen LogP contribution in [0.2, 0.25) is 5.02 Å². The van der Waals surface area contributed by atoms with E-state index < -0.39 is 17.8 Å². The third kappa shape index (κ3) is 4.23. The summed E-state index contributed by atoms with van der Waals surface area (Å²) >= 11 is 7.44. The molecular formula is C25H20ClF3N4OS. The van der Waals surface area contributed by atoms with Crippen molar-refractivity contribution in [3.8, 4) is 10.4 Å². The van der Waals surface area contributed by atoms with E-state index in [4.69, 9.17) is 16.6 Å². The summed E-state index contributed by atoms with van der Waals surface area (Å²) in [7, 11) is 0. The number of hydrogen-bond acceptors (Lipinski definition) is 4. The van der Waals surface area contributed by atoms with Gasteiger partial charge in [-0.3, -0.25) is 4.79 Å². The number of imidazole rings is 1. The second-order valence-corrected chi connectivity index (χ2v) is 10.2. The lowest BCUT2D eigenvalue weighted by atomic mass is 10.1. The molecule has 1 amide bonds. The minimum Gasteiger partial charge on any atom is -0.340 e. The Kier molecular flexibility index (Phi) is 5.72. The molecule has 35 heavy (non-hydrogen) atoms. The summed E-state index contributed by atoms with van der Waals surface area (Å²) in [6.07, 6.45) is -3.97. The number of nitrogens with one attached hydrogen (secondary N) is 1. The van der Waals surface area contributed by atoms with Crippen LogP contribution in [0.1, 0.15) is 44.9 Å². The van der Waals surface area contributed by atoms with Crippen molar-refractivity contribution in [3.63, 3.8) is 0 Å². The fourth-order valence-corrected chi connectivity index (χ4v) is 5.42. The highest BCUT2D eigenvalue weighted by molar-refractivity contribution is 7.15. The lowest BCUT2D eigenvalue weighted by Gasteiger charge is -2.22. The molecule has 10 heteroatoms. The Bertz CT molecular complexity index is 1490. The number of amides is 1. The Labute approximate surface area is 208 Å². The Balaban J connectivity index is 1.54. The van der Waals surface area contributed by atoms with Gasteiger partial charge >= 0.3 is 6.18 Å². The Morgan fingerprint density at radius 2 is 2.00 bits per heavy atom. The van der Waals surface area contributed by atoms with E-state index in [1.807, 2.05) is 13.0 Å². The molecule has 1 atom stereocenters.